The van der Waals surface area contributed by atoms with Gasteiger partial charge in [0.05, 0.1) is 12.3 Å². The van der Waals surface area contributed by atoms with E-state index in [1.54, 1.807) is 13.1 Å². The number of allylic oxidation sites excluding steroid dienone is 1. The number of amides is 1. The van der Waals surface area contributed by atoms with E-state index in [4.69, 9.17) is 5.11 Å². The topological polar surface area (TPSA) is 73.7 Å². The summed E-state index contributed by atoms with van der Waals surface area (Å²) >= 11 is 0. The van der Waals surface area contributed by atoms with Crippen LogP contribution in [0.5, 0.6) is 0 Å². The van der Waals surface area contributed by atoms with Crippen LogP contribution in [0, 0.1) is 6.92 Å². The van der Waals surface area contributed by atoms with E-state index in [1.165, 1.54) is 0 Å². The number of nitrogens with one attached hydrogen (secondary N) is 2. The van der Waals surface area contributed by atoms with Gasteiger partial charge in [-0.2, -0.15) is 0 Å². The van der Waals surface area contributed by atoms with Crippen molar-refractivity contribution in [2.45, 2.75) is 26.8 Å². The molecule has 0 radical (unpaired) electrons. The standard InChI is InChI=1S/C16H23N3O2/c1-5-14(18-12(3)10-20)15(17-4)16(21)19-13-8-6-11(2)7-9-13/h5-9,12,18,20H,10H2,1-4H3,(H,19,21)/b14-5+,17-15?. The van der Waals surface area contributed by atoms with Gasteiger partial charge in [-0.15, -0.1) is 0 Å². The quantitative estimate of drug-likeness (QED) is 0.700. The summed E-state index contributed by atoms with van der Waals surface area (Å²) in [5.41, 5.74) is 2.75. The Labute approximate surface area is 125 Å². The van der Waals surface area contributed by atoms with Gasteiger partial charge in [0.1, 0.15) is 5.71 Å². The van der Waals surface area contributed by atoms with Gasteiger partial charge in [0.25, 0.3) is 5.91 Å². The highest BCUT2D eigenvalue weighted by Crippen LogP contribution is 2.09. The smallest absolute Gasteiger partial charge is 0.275 e. The Hall–Kier alpha value is -2.14. The Morgan fingerprint density at radius 3 is 2.48 bits per heavy atom. The highest BCUT2D eigenvalue weighted by molar-refractivity contribution is 6.48. The molecular formula is C16H23N3O2. The zero-order chi connectivity index (χ0) is 15.8. The number of hydrogen-bond donors (Lipinski definition) is 3. The molecule has 3 N–H and O–H groups in total. The summed E-state index contributed by atoms with van der Waals surface area (Å²) < 4.78 is 0. The maximum atomic E-state index is 12.3. The van der Waals surface area contributed by atoms with Gasteiger partial charge in [-0.25, -0.2) is 0 Å². The number of rotatable bonds is 6. The molecule has 1 atom stereocenters. The first kappa shape index (κ1) is 16.9. The molecular weight excluding hydrogens is 266 g/mol. The Balaban J connectivity index is 2.84. The molecule has 1 aromatic rings. The molecule has 0 spiro atoms. The van der Waals surface area contributed by atoms with Gasteiger partial charge in [-0.3, -0.25) is 9.79 Å². The van der Waals surface area contributed by atoms with Crippen LogP contribution in [0.3, 0.4) is 0 Å². The lowest BCUT2D eigenvalue weighted by Crippen LogP contribution is -2.36. The first-order valence-corrected chi connectivity index (χ1v) is 6.90. The number of aliphatic hydroxyl groups is 1. The van der Waals surface area contributed by atoms with Gasteiger partial charge >= 0.3 is 0 Å². The molecule has 1 rings (SSSR count). The number of benzene rings is 1. The molecule has 21 heavy (non-hydrogen) atoms. The predicted molar refractivity (Wildman–Crippen MR) is 86.6 cm³/mol. The minimum atomic E-state index is -0.285. The molecule has 0 bridgehead atoms. The van der Waals surface area contributed by atoms with Crippen molar-refractivity contribution in [3.63, 3.8) is 0 Å². The third-order valence-electron chi connectivity index (χ3n) is 2.97. The number of carbonyl (C=O) groups excluding carboxylic acids is 1. The van der Waals surface area contributed by atoms with Crippen LogP contribution in [0.25, 0.3) is 0 Å². The van der Waals surface area contributed by atoms with Crippen molar-refractivity contribution in [2.75, 3.05) is 19.0 Å². The predicted octanol–water partition coefficient (Wildman–Crippen LogP) is 1.88. The number of nitrogens with zero attached hydrogens (tertiary/aromatic N) is 1. The van der Waals surface area contributed by atoms with Crippen molar-refractivity contribution < 1.29 is 9.90 Å². The van der Waals surface area contributed by atoms with E-state index in [0.29, 0.717) is 11.4 Å². The van der Waals surface area contributed by atoms with E-state index in [0.717, 1.165) is 11.3 Å². The van der Waals surface area contributed by atoms with Gasteiger partial charge in [0.2, 0.25) is 0 Å². The first-order chi connectivity index (χ1) is 10.0. The maximum absolute atomic E-state index is 12.3. The van der Waals surface area contributed by atoms with Crippen LogP contribution >= 0.6 is 0 Å². The minimum Gasteiger partial charge on any atom is -0.394 e. The molecule has 5 heteroatoms. The van der Waals surface area contributed by atoms with Gasteiger partial charge in [-0.1, -0.05) is 23.8 Å². The van der Waals surface area contributed by atoms with E-state index in [1.807, 2.05) is 45.0 Å². The molecule has 0 fully saturated rings. The largest absolute Gasteiger partial charge is 0.394 e. The Kier molecular flexibility index (Phi) is 6.62. The van der Waals surface area contributed by atoms with Gasteiger partial charge in [0.15, 0.2) is 0 Å². The summed E-state index contributed by atoms with van der Waals surface area (Å²) in [4.78, 5) is 16.4. The third kappa shape index (κ3) is 5.04. The minimum absolute atomic E-state index is 0.0199. The fourth-order valence-corrected chi connectivity index (χ4v) is 1.77. The molecule has 1 unspecified atom stereocenters. The van der Waals surface area contributed by atoms with Crippen molar-refractivity contribution in [2.24, 2.45) is 4.99 Å². The molecule has 0 saturated heterocycles. The first-order valence-electron chi connectivity index (χ1n) is 6.90. The number of hydrogen-bond acceptors (Lipinski definition) is 4. The summed E-state index contributed by atoms with van der Waals surface area (Å²) in [6.07, 6.45) is 1.77. The van der Waals surface area contributed by atoms with Crippen molar-refractivity contribution in [1.82, 2.24) is 5.32 Å². The molecule has 0 saturated carbocycles. The second kappa shape index (κ2) is 8.21. The highest BCUT2D eigenvalue weighted by Gasteiger charge is 2.17. The zero-order valence-electron chi connectivity index (χ0n) is 13.0. The average Bonchev–Trinajstić information content (AvgIpc) is 2.49. The van der Waals surface area contributed by atoms with Crippen LogP contribution in [0.1, 0.15) is 19.4 Å². The fraction of sp³-hybridized carbons (Fsp3) is 0.375. The Bertz CT molecular complexity index is 533. The van der Waals surface area contributed by atoms with Gasteiger partial charge < -0.3 is 15.7 Å². The number of aliphatic imine (C=N–C) groups is 1. The van der Waals surface area contributed by atoms with Crippen molar-refractivity contribution >= 4 is 17.3 Å². The average molecular weight is 289 g/mol. The lowest BCUT2D eigenvalue weighted by atomic mass is 10.2. The van der Waals surface area contributed by atoms with Crippen LogP contribution in [-0.2, 0) is 4.79 Å². The molecule has 0 aliphatic carbocycles. The maximum Gasteiger partial charge on any atom is 0.275 e. The lowest BCUT2D eigenvalue weighted by Gasteiger charge is -2.17. The van der Waals surface area contributed by atoms with E-state index in [9.17, 15) is 4.79 Å². The van der Waals surface area contributed by atoms with Gasteiger partial charge in [-0.05, 0) is 32.9 Å². The molecule has 0 aliphatic rings. The highest BCUT2D eigenvalue weighted by atomic mass is 16.3. The zero-order valence-corrected chi connectivity index (χ0v) is 13.0. The second-order valence-electron chi connectivity index (χ2n) is 4.82. The van der Waals surface area contributed by atoms with Crippen LogP contribution in [0.2, 0.25) is 0 Å². The molecule has 0 aliphatic heterocycles. The van der Waals surface area contributed by atoms with Crippen LogP contribution in [0.15, 0.2) is 41.0 Å². The van der Waals surface area contributed by atoms with Crippen molar-refractivity contribution in [3.05, 3.63) is 41.6 Å². The SMILES string of the molecule is C/C=C(/NC(C)CO)C(=NC)C(=O)Nc1ccc(C)cc1. The molecule has 5 nitrogen and oxygen atoms in total. The number of carbonyl (C=O) groups is 1. The monoisotopic (exact) mass is 289 g/mol. The summed E-state index contributed by atoms with van der Waals surface area (Å²) in [5, 5.41) is 15.0. The summed E-state index contributed by atoms with van der Waals surface area (Å²) in [5.74, 6) is -0.285. The van der Waals surface area contributed by atoms with Gasteiger partial charge in [0, 0.05) is 18.8 Å². The van der Waals surface area contributed by atoms with Crippen LogP contribution in [-0.4, -0.2) is 36.4 Å². The number of aryl methyl sites for hydroxylation is 1. The van der Waals surface area contributed by atoms with E-state index in [-0.39, 0.29) is 18.6 Å². The van der Waals surface area contributed by atoms with Crippen LogP contribution < -0.4 is 10.6 Å². The summed E-state index contributed by atoms with van der Waals surface area (Å²) in [6, 6.07) is 7.40. The molecule has 1 amide bonds. The summed E-state index contributed by atoms with van der Waals surface area (Å²) in [6.45, 7) is 5.61. The van der Waals surface area contributed by atoms with E-state index < -0.39 is 0 Å². The normalized spacial score (nSPS) is 13.8. The van der Waals surface area contributed by atoms with E-state index >= 15 is 0 Å². The lowest BCUT2D eigenvalue weighted by molar-refractivity contribution is -0.110. The van der Waals surface area contributed by atoms with Crippen molar-refractivity contribution in [3.8, 4) is 0 Å². The number of aliphatic hydroxyl groups excluding tert-OH is 1. The van der Waals surface area contributed by atoms with E-state index in [2.05, 4.69) is 15.6 Å². The van der Waals surface area contributed by atoms with Crippen molar-refractivity contribution in [1.29, 1.82) is 0 Å². The molecule has 0 heterocycles. The fourth-order valence-electron chi connectivity index (χ4n) is 1.77. The number of anilines is 1. The second-order valence-corrected chi connectivity index (χ2v) is 4.82. The molecule has 1 aromatic carbocycles. The summed E-state index contributed by atoms with van der Waals surface area (Å²) in [7, 11) is 1.57. The third-order valence-corrected chi connectivity index (χ3v) is 2.97. The molecule has 0 aromatic heterocycles. The Morgan fingerprint density at radius 2 is 2.00 bits per heavy atom. The van der Waals surface area contributed by atoms with Crippen LogP contribution in [0.4, 0.5) is 5.69 Å². The Morgan fingerprint density at radius 1 is 1.38 bits per heavy atom. The molecule has 114 valence electrons.